The molecule has 0 saturated heterocycles. The Balaban J connectivity index is 1.46. The van der Waals surface area contributed by atoms with Gasteiger partial charge in [-0.25, -0.2) is 0 Å². The molecule has 2 N–H and O–H groups in total. The fourth-order valence-corrected chi connectivity index (χ4v) is 3.29. The van der Waals surface area contributed by atoms with Crippen molar-refractivity contribution in [3.8, 4) is 5.75 Å². The lowest BCUT2D eigenvalue weighted by Gasteiger charge is -2.11. The summed E-state index contributed by atoms with van der Waals surface area (Å²) in [6.07, 6.45) is 0. The minimum absolute atomic E-state index is 0.0226. The van der Waals surface area contributed by atoms with Gasteiger partial charge in [0.2, 0.25) is 0 Å². The average Bonchev–Trinajstić information content (AvgIpc) is 2.79. The van der Waals surface area contributed by atoms with Gasteiger partial charge in [-0.1, -0.05) is 48.5 Å². The Hall–Kier alpha value is -4.26. The van der Waals surface area contributed by atoms with E-state index in [-0.39, 0.29) is 17.2 Å². The molecule has 4 rings (SSSR count). The number of rotatable bonds is 6. The number of fused-ring (bicyclic) bond motifs is 1. The van der Waals surface area contributed by atoms with Gasteiger partial charge in [-0.3, -0.25) is 9.59 Å². The number of nitrogens with one attached hydrogen (secondary N) is 2. The van der Waals surface area contributed by atoms with Crippen molar-refractivity contribution >= 4 is 34.0 Å². The molecule has 0 atom stereocenters. The first-order valence-electron chi connectivity index (χ1n) is 9.75. The van der Waals surface area contributed by atoms with E-state index in [9.17, 15) is 18.4 Å². The summed E-state index contributed by atoms with van der Waals surface area (Å²) < 4.78 is 29.5. The lowest BCUT2D eigenvalue weighted by molar-refractivity contribution is -0.0501. The number of halogens is 2. The number of hydrogen-bond donors (Lipinski definition) is 2. The Kier molecular flexibility index (Phi) is 6.07. The molecule has 0 aromatic heterocycles. The molecule has 0 heterocycles. The summed E-state index contributed by atoms with van der Waals surface area (Å²) in [6.45, 7) is -3.04. The van der Waals surface area contributed by atoms with Crippen molar-refractivity contribution in [2.45, 2.75) is 6.61 Å². The highest BCUT2D eigenvalue weighted by Crippen LogP contribution is 2.24. The number of carbonyl (C=O) groups is 2. The molecule has 0 bridgehead atoms. The summed E-state index contributed by atoms with van der Waals surface area (Å²) in [7, 11) is 0. The maximum atomic E-state index is 12.7. The predicted molar refractivity (Wildman–Crippen MR) is 119 cm³/mol. The molecule has 4 aromatic rings. The van der Waals surface area contributed by atoms with E-state index in [2.05, 4.69) is 15.4 Å². The van der Waals surface area contributed by atoms with Crippen LogP contribution < -0.4 is 15.4 Å². The molecule has 0 radical (unpaired) electrons. The number of amides is 2. The molecule has 5 nitrogen and oxygen atoms in total. The number of carbonyl (C=O) groups excluding carboxylic acids is 2. The van der Waals surface area contributed by atoms with Crippen LogP contribution in [0.2, 0.25) is 0 Å². The molecule has 2 amide bonds. The molecule has 0 fully saturated rings. The Bertz CT molecular complexity index is 1270. The third-order valence-electron chi connectivity index (χ3n) is 4.79. The van der Waals surface area contributed by atoms with E-state index in [1.807, 2.05) is 42.5 Å². The molecule has 4 aromatic carbocycles. The van der Waals surface area contributed by atoms with Gasteiger partial charge in [0.05, 0.1) is 5.56 Å². The van der Waals surface area contributed by atoms with Crippen LogP contribution in [0.4, 0.5) is 20.2 Å². The third-order valence-corrected chi connectivity index (χ3v) is 4.79. The molecule has 0 unspecified atom stereocenters. The van der Waals surface area contributed by atoms with Crippen molar-refractivity contribution in [2.24, 2.45) is 0 Å². The van der Waals surface area contributed by atoms with Crippen molar-refractivity contribution < 1.29 is 23.1 Å². The van der Waals surface area contributed by atoms with Crippen molar-refractivity contribution in [3.63, 3.8) is 0 Å². The second-order valence-corrected chi connectivity index (χ2v) is 6.89. The number of anilines is 2. The van der Waals surface area contributed by atoms with Crippen LogP contribution in [0.1, 0.15) is 20.7 Å². The second kappa shape index (κ2) is 9.26. The molecule has 32 heavy (non-hydrogen) atoms. The van der Waals surface area contributed by atoms with E-state index in [4.69, 9.17) is 0 Å². The molecule has 0 saturated carbocycles. The van der Waals surface area contributed by atoms with E-state index >= 15 is 0 Å². The number of ether oxygens (including phenoxy) is 1. The van der Waals surface area contributed by atoms with E-state index in [0.717, 1.165) is 10.8 Å². The Morgan fingerprint density at radius 2 is 1.41 bits per heavy atom. The molecular weight excluding hydrogens is 414 g/mol. The van der Waals surface area contributed by atoms with Gasteiger partial charge in [-0.15, -0.1) is 0 Å². The molecule has 0 spiro atoms. The summed E-state index contributed by atoms with van der Waals surface area (Å²) in [5.41, 5.74) is 1.48. The lowest BCUT2D eigenvalue weighted by atomic mass is 10.1. The van der Waals surface area contributed by atoms with Crippen LogP contribution in [0.15, 0.2) is 91.0 Å². The van der Waals surface area contributed by atoms with E-state index in [1.54, 1.807) is 30.3 Å². The van der Waals surface area contributed by atoms with Gasteiger partial charge in [-0.2, -0.15) is 8.78 Å². The highest BCUT2D eigenvalue weighted by Gasteiger charge is 2.16. The van der Waals surface area contributed by atoms with Crippen LogP contribution in [-0.4, -0.2) is 18.4 Å². The minimum atomic E-state index is -3.04. The number of alkyl halides is 2. The molecular formula is C25H18F2N2O3. The van der Waals surface area contributed by atoms with Gasteiger partial charge in [0.25, 0.3) is 11.8 Å². The van der Waals surface area contributed by atoms with Crippen molar-refractivity contribution in [3.05, 3.63) is 102 Å². The summed E-state index contributed by atoms with van der Waals surface area (Å²) in [5.74, 6) is -1.12. The minimum Gasteiger partial charge on any atom is -0.434 e. The van der Waals surface area contributed by atoms with E-state index < -0.39 is 12.5 Å². The summed E-state index contributed by atoms with van der Waals surface area (Å²) in [4.78, 5) is 25.2. The summed E-state index contributed by atoms with van der Waals surface area (Å²) in [6, 6.07) is 25.4. The second-order valence-electron chi connectivity index (χ2n) is 6.89. The van der Waals surface area contributed by atoms with E-state index in [0.29, 0.717) is 16.9 Å². The van der Waals surface area contributed by atoms with Crippen LogP contribution in [0, 0.1) is 0 Å². The van der Waals surface area contributed by atoms with Gasteiger partial charge in [-0.05, 0) is 47.9 Å². The molecule has 7 heteroatoms. The molecule has 0 aliphatic rings. The first kappa shape index (κ1) is 21.0. The third kappa shape index (κ3) is 4.73. The standard InChI is InChI=1S/C25H18F2N2O3/c26-25(27)32-22-11-4-3-9-20(22)24(31)28-18-14-12-17(13-15-18)23(30)29-21-10-5-7-16-6-1-2-8-19(16)21/h1-15,25H,(H,28,31)(H,29,30). The smallest absolute Gasteiger partial charge is 0.387 e. The topological polar surface area (TPSA) is 67.4 Å². The highest BCUT2D eigenvalue weighted by atomic mass is 19.3. The van der Waals surface area contributed by atoms with Crippen molar-refractivity contribution in [2.75, 3.05) is 10.6 Å². The van der Waals surface area contributed by atoms with Gasteiger partial charge in [0.15, 0.2) is 0 Å². The zero-order valence-electron chi connectivity index (χ0n) is 16.7. The monoisotopic (exact) mass is 432 g/mol. The van der Waals surface area contributed by atoms with Gasteiger partial charge in [0.1, 0.15) is 5.75 Å². The van der Waals surface area contributed by atoms with Crippen molar-refractivity contribution in [1.29, 1.82) is 0 Å². The Morgan fingerprint density at radius 3 is 2.19 bits per heavy atom. The average molecular weight is 432 g/mol. The summed E-state index contributed by atoms with van der Waals surface area (Å²) >= 11 is 0. The van der Waals surface area contributed by atoms with Crippen LogP contribution >= 0.6 is 0 Å². The Morgan fingerprint density at radius 1 is 0.719 bits per heavy atom. The maximum Gasteiger partial charge on any atom is 0.387 e. The highest BCUT2D eigenvalue weighted by molar-refractivity contribution is 6.10. The van der Waals surface area contributed by atoms with Crippen molar-refractivity contribution in [1.82, 2.24) is 0 Å². The largest absolute Gasteiger partial charge is 0.434 e. The van der Waals surface area contributed by atoms with Gasteiger partial charge in [0, 0.05) is 22.3 Å². The van der Waals surface area contributed by atoms with Crippen LogP contribution in [0.25, 0.3) is 10.8 Å². The summed E-state index contributed by atoms with van der Waals surface area (Å²) in [5, 5.41) is 7.46. The Labute approximate surface area is 182 Å². The van der Waals surface area contributed by atoms with E-state index in [1.165, 1.54) is 18.2 Å². The van der Waals surface area contributed by atoms with Gasteiger partial charge < -0.3 is 15.4 Å². The maximum absolute atomic E-state index is 12.7. The first-order valence-corrected chi connectivity index (χ1v) is 9.75. The SMILES string of the molecule is O=C(Nc1cccc2ccccc12)c1ccc(NC(=O)c2ccccc2OC(F)F)cc1. The normalized spacial score (nSPS) is 10.7. The zero-order valence-corrected chi connectivity index (χ0v) is 16.7. The fraction of sp³-hybridized carbons (Fsp3) is 0.0400. The van der Waals surface area contributed by atoms with Crippen LogP contribution in [0.5, 0.6) is 5.75 Å². The first-order chi connectivity index (χ1) is 15.5. The van der Waals surface area contributed by atoms with Crippen LogP contribution in [0.3, 0.4) is 0 Å². The molecule has 0 aliphatic heterocycles. The zero-order chi connectivity index (χ0) is 22.5. The quantitative estimate of drug-likeness (QED) is 0.396. The fourth-order valence-electron chi connectivity index (χ4n) is 3.29. The lowest BCUT2D eigenvalue weighted by Crippen LogP contribution is -2.15. The van der Waals surface area contributed by atoms with Gasteiger partial charge >= 0.3 is 6.61 Å². The predicted octanol–water partition coefficient (Wildman–Crippen LogP) is 5.95. The van der Waals surface area contributed by atoms with Crippen LogP contribution in [-0.2, 0) is 0 Å². The number of benzene rings is 4. The number of para-hydroxylation sites is 1. The molecule has 160 valence electrons. The molecule has 0 aliphatic carbocycles. The number of hydrogen-bond acceptors (Lipinski definition) is 3.